The van der Waals surface area contributed by atoms with Crippen LogP contribution in [0.1, 0.15) is 0 Å². The van der Waals surface area contributed by atoms with Gasteiger partial charge in [-0.05, 0) is 23.8 Å². The van der Waals surface area contributed by atoms with Gasteiger partial charge in [0, 0.05) is 0 Å². The van der Waals surface area contributed by atoms with Crippen LogP contribution in [0, 0.1) is 0 Å². The molecule has 0 radical (unpaired) electrons. The lowest BCUT2D eigenvalue weighted by Gasteiger charge is -1.88. The first-order chi connectivity index (χ1) is 2.77. The van der Waals surface area contributed by atoms with Crippen LogP contribution in [0.25, 0.3) is 0 Å². The van der Waals surface area contributed by atoms with E-state index in [1.165, 1.54) is 0 Å². The maximum Gasteiger partial charge on any atom is 0.256 e. The van der Waals surface area contributed by atoms with E-state index in [1.807, 2.05) is 0 Å². The summed E-state index contributed by atoms with van der Waals surface area (Å²) in [6.45, 7) is 0. The number of rotatable bonds is 1. The second-order valence-electron chi connectivity index (χ2n) is 0.491. The van der Waals surface area contributed by atoms with Crippen molar-refractivity contribution in [2.24, 2.45) is 0 Å². The molecule has 0 heterocycles. The second kappa shape index (κ2) is 3.65. The minimum atomic E-state index is -0.0370. The van der Waals surface area contributed by atoms with Gasteiger partial charge in [0.15, 0.2) is 6.07 Å². The molecule has 0 aromatic carbocycles. The van der Waals surface area contributed by atoms with Crippen molar-refractivity contribution in [3.63, 3.8) is 0 Å². The lowest BCUT2D eigenvalue weighted by atomic mass is 11.5. The number of hydrogen-bond acceptors (Lipinski definition) is 2. The Morgan fingerprint density at radius 3 is 2.33 bits per heavy atom. The molecule has 0 N–H and O–H groups in total. The minimum absolute atomic E-state index is 0.0301. The van der Waals surface area contributed by atoms with Crippen LogP contribution >= 0.6 is 35.4 Å². The van der Waals surface area contributed by atoms with E-state index in [1.54, 1.807) is 0 Å². The molecule has 0 saturated heterocycles. The molecule has 0 aliphatic heterocycles. The van der Waals surface area contributed by atoms with Gasteiger partial charge in [-0.15, -0.1) is 0 Å². The molecule has 0 rings (SSSR count). The van der Waals surface area contributed by atoms with Gasteiger partial charge in [-0.2, -0.15) is 0 Å². The smallest absolute Gasteiger partial charge is 0.256 e. The summed E-state index contributed by atoms with van der Waals surface area (Å²) in [5.74, 6) is 0. The van der Waals surface area contributed by atoms with Gasteiger partial charge in [-0.1, -0.05) is 11.6 Å². The Morgan fingerprint density at radius 1 is 1.83 bits per heavy atom. The zero-order valence-corrected chi connectivity index (χ0v) is 5.11. The summed E-state index contributed by atoms with van der Waals surface area (Å²) in [4.78, 5) is 0. The molecule has 4 heteroatoms. The van der Waals surface area contributed by atoms with Gasteiger partial charge < -0.3 is 4.74 Å². The number of thiocarbonyl (C=S) groups is 1. The Bertz CT molecular complexity index is 55.5. The van der Waals surface area contributed by atoms with Crippen LogP contribution in [-0.2, 0) is 4.74 Å². The molecule has 0 unspecified atom stereocenters. The zero-order valence-electron chi connectivity index (χ0n) is 2.78. The number of ether oxygens (including phenoxy) is 1. The van der Waals surface area contributed by atoms with Crippen molar-refractivity contribution in [2.45, 2.75) is 0 Å². The maximum atomic E-state index is 5.00. The normalized spacial score (nSPS) is 7.67. The van der Waals surface area contributed by atoms with E-state index >= 15 is 0 Å². The van der Waals surface area contributed by atoms with Crippen molar-refractivity contribution in [3.05, 3.63) is 0 Å². The largest absolute Gasteiger partial charge is 0.459 e. The van der Waals surface area contributed by atoms with E-state index in [2.05, 4.69) is 17.0 Å². The highest BCUT2D eigenvalue weighted by molar-refractivity contribution is 7.82. The minimum Gasteiger partial charge on any atom is -0.459 e. The Morgan fingerprint density at radius 2 is 2.33 bits per heavy atom. The highest BCUT2D eigenvalue weighted by Crippen LogP contribution is 1.87. The molecule has 0 spiro atoms. The molecule has 0 fully saturated rings. The van der Waals surface area contributed by atoms with Crippen LogP contribution in [0.2, 0.25) is 0 Å². The summed E-state index contributed by atoms with van der Waals surface area (Å²) < 4.78 is 4.27. The van der Waals surface area contributed by atoms with Crippen LogP contribution in [0.4, 0.5) is 0 Å². The standard InChI is InChI=1S/C2H2Cl2OS/c3-1-5-2(4)6/h1H2. The molecule has 0 aromatic heterocycles. The highest BCUT2D eigenvalue weighted by atomic mass is 35.5. The lowest BCUT2D eigenvalue weighted by molar-refractivity contribution is 0.396. The Labute approximate surface area is 51.2 Å². The van der Waals surface area contributed by atoms with Crippen molar-refractivity contribution in [1.82, 2.24) is 0 Å². The van der Waals surface area contributed by atoms with Crippen LogP contribution in [0.3, 0.4) is 0 Å². The Balaban J connectivity index is 2.83. The average molecular weight is 145 g/mol. The van der Waals surface area contributed by atoms with E-state index in [9.17, 15) is 0 Å². The number of hydrogen-bond donors (Lipinski definition) is 0. The average Bonchev–Trinajstić information content (AvgIpc) is 1.35. The molecular formula is C2H2Cl2OS. The number of halogens is 2. The van der Waals surface area contributed by atoms with Crippen LogP contribution in [-0.4, -0.2) is 10.6 Å². The van der Waals surface area contributed by atoms with Crippen molar-refractivity contribution in [3.8, 4) is 0 Å². The van der Waals surface area contributed by atoms with Crippen molar-refractivity contribution in [1.29, 1.82) is 0 Å². The molecule has 0 amide bonds. The molecule has 1 nitrogen and oxygen atoms in total. The van der Waals surface area contributed by atoms with Gasteiger partial charge in [0.25, 0.3) is 4.51 Å². The number of alkyl halides is 1. The molecular weight excluding hydrogens is 143 g/mol. The van der Waals surface area contributed by atoms with Crippen molar-refractivity contribution in [2.75, 3.05) is 6.07 Å². The Hall–Kier alpha value is 0.470. The van der Waals surface area contributed by atoms with E-state index in [4.69, 9.17) is 23.2 Å². The summed E-state index contributed by atoms with van der Waals surface area (Å²) in [5, 5.41) is 0. The first kappa shape index (κ1) is 6.47. The van der Waals surface area contributed by atoms with Crippen molar-refractivity contribution < 1.29 is 4.74 Å². The van der Waals surface area contributed by atoms with Crippen LogP contribution < -0.4 is 0 Å². The van der Waals surface area contributed by atoms with Gasteiger partial charge in [0.05, 0.1) is 0 Å². The summed E-state index contributed by atoms with van der Waals surface area (Å²) in [7, 11) is 0. The summed E-state index contributed by atoms with van der Waals surface area (Å²) in [6.07, 6.45) is 0. The fourth-order valence-corrected chi connectivity index (χ4v) is 0.386. The molecule has 6 heavy (non-hydrogen) atoms. The van der Waals surface area contributed by atoms with Gasteiger partial charge in [-0.25, -0.2) is 0 Å². The van der Waals surface area contributed by atoms with Gasteiger partial charge in [0.2, 0.25) is 0 Å². The molecule has 0 aliphatic carbocycles. The lowest BCUT2D eigenvalue weighted by Crippen LogP contribution is -1.86. The first-order valence-corrected chi connectivity index (χ1v) is 2.47. The molecule has 0 atom stereocenters. The topological polar surface area (TPSA) is 9.23 Å². The Kier molecular flexibility index (Phi) is 3.94. The van der Waals surface area contributed by atoms with Crippen LogP contribution in [0.15, 0.2) is 0 Å². The molecule has 0 bridgehead atoms. The third-order valence-corrected chi connectivity index (χ3v) is 0.504. The predicted octanol–water partition coefficient (Wildman–Crippen LogP) is 1.72. The molecule has 0 saturated carbocycles. The quantitative estimate of drug-likeness (QED) is 0.315. The second-order valence-corrected chi connectivity index (χ2v) is 1.65. The molecule has 0 aliphatic rings. The summed E-state index contributed by atoms with van der Waals surface area (Å²) in [5.41, 5.74) is 0. The zero-order chi connectivity index (χ0) is 4.99. The van der Waals surface area contributed by atoms with Crippen LogP contribution in [0.5, 0.6) is 0 Å². The highest BCUT2D eigenvalue weighted by Gasteiger charge is 1.81. The van der Waals surface area contributed by atoms with Gasteiger partial charge >= 0.3 is 0 Å². The summed E-state index contributed by atoms with van der Waals surface area (Å²) >= 11 is 14.3. The van der Waals surface area contributed by atoms with Crippen molar-refractivity contribution >= 4 is 39.9 Å². The van der Waals surface area contributed by atoms with E-state index < -0.39 is 0 Å². The third-order valence-electron chi connectivity index (χ3n) is 0.168. The van der Waals surface area contributed by atoms with Gasteiger partial charge in [0.1, 0.15) is 0 Å². The predicted molar refractivity (Wildman–Crippen MR) is 30.3 cm³/mol. The first-order valence-electron chi connectivity index (χ1n) is 1.15. The monoisotopic (exact) mass is 144 g/mol. The van der Waals surface area contributed by atoms with E-state index in [0.29, 0.717) is 0 Å². The summed E-state index contributed by atoms with van der Waals surface area (Å²) in [6, 6.07) is 0.0301. The third kappa shape index (κ3) is 4.47. The van der Waals surface area contributed by atoms with E-state index in [-0.39, 0.29) is 10.6 Å². The SMILES string of the molecule is S=C(Cl)OCCl. The molecule has 36 valence electrons. The fraction of sp³-hybridized carbons (Fsp3) is 0.500. The van der Waals surface area contributed by atoms with E-state index in [0.717, 1.165) is 0 Å². The fourth-order valence-electron chi connectivity index (χ4n) is 0.0429. The molecule has 0 aromatic rings. The van der Waals surface area contributed by atoms with Gasteiger partial charge in [-0.3, -0.25) is 0 Å². The maximum absolute atomic E-state index is 5.00.